The number of aryl methyl sites for hydroxylation is 1. The van der Waals surface area contributed by atoms with Crippen LogP contribution >= 0.6 is 0 Å². The lowest BCUT2D eigenvalue weighted by atomic mass is 10.0. The fourth-order valence-corrected chi connectivity index (χ4v) is 2.22. The Morgan fingerprint density at radius 1 is 1.26 bits per heavy atom. The quantitative estimate of drug-likeness (QED) is 0.872. The van der Waals surface area contributed by atoms with E-state index in [1.165, 1.54) is 12.1 Å². The van der Waals surface area contributed by atoms with Crippen molar-refractivity contribution >= 4 is 10.8 Å². The summed E-state index contributed by atoms with van der Waals surface area (Å²) < 4.78 is 38.4. The summed E-state index contributed by atoms with van der Waals surface area (Å²) in [7, 11) is -0.855. The van der Waals surface area contributed by atoms with Crippen molar-refractivity contribution in [3.05, 3.63) is 34.9 Å². The molecule has 0 radical (unpaired) electrons. The highest BCUT2D eigenvalue weighted by molar-refractivity contribution is 7.84. The zero-order valence-electron chi connectivity index (χ0n) is 11.8. The average molecular weight is 289 g/mol. The highest BCUT2D eigenvalue weighted by atomic mass is 32.2. The van der Waals surface area contributed by atoms with Gasteiger partial charge in [-0.3, -0.25) is 4.21 Å². The van der Waals surface area contributed by atoms with Gasteiger partial charge in [0.25, 0.3) is 0 Å². The van der Waals surface area contributed by atoms with Crippen LogP contribution < -0.4 is 5.32 Å². The number of benzene rings is 1. The molecule has 1 aromatic rings. The SMILES string of the molecule is Cc1cc(F)c(C(C)NCCC(C)S(C)=O)cc1F. The number of rotatable bonds is 6. The molecule has 108 valence electrons. The predicted molar refractivity (Wildman–Crippen MR) is 75.7 cm³/mol. The Balaban J connectivity index is 2.61. The maximum Gasteiger partial charge on any atom is 0.128 e. The first-order valence-electron chi connectivity index (χ1n) is 6.34. The Morgan fingerprint density at radius 3 is 2.47 bits per heavy atom. The van der Waals surface area contributed by atoms with Crippen molar-refractivity contribution < 1.29 is 13.0 Å². The fraction of sp³-hybridized carbons (Fsp3) is 0.571. The maximum absolute atomic E-state index is 13.7. The summed E-state index contributed by atoms with van der Waals surface area (Å²) in [5, 5.41) is 3.23. The topological polar surface area (TPSA) is 29.1 Å². The van der Waals surface area contributed by atoms with E-state index in [0.717, 1.165) is 6.42 Å². The van der Waals surface area contributed by atoms with Gasteiger partial charge in [-0.05, 0) is 44.5 Å². The Labute approximate surface area is 116 Å². The molecule has 1 rings (SSSR count). The van der Waals surface area contributed by atoms with Gasteiger partial charge < -0.3 is 5.32 Å². The highest BCUT2D eigenvalue weighted by Crippen LogP contribution is 2.20. The molecule has 0 bridgehead atoms. The summed E-state index contributed by atoms with van der Waals surface area (Å²) >= 11 is 0. The first-order valence-corrected chi connectivity index (χ1v) is 7.96. The molecule has 0 amide bonds. The molecule has 0 fully saturated rings. The van der Waals surface area contributed by atoms with Crippen molar-refractivity contribution in [3.63, 3.8) is 0 Å². The Hall–Kier alpha value is -0.810. The Morgan fingerprint density at radius 2 is 1.89 bits per heavy atom. The van der Waals surface area contributed by atoms with Crippen LogP contribution in [-0.4, -0.2) is 22.3 Å². The molecule has 3 unspecified atom stereocenters. The van der Waals surface area contributed by atoms with Crippen molar-refractivity contribution in [1.29, 1.82) is 0 Å². The van der Waals surface area contributed by atoms with Gasteiger partial charge >= 0.3 is 0 Å². The molecule has 1 aromatic carbocycles. The van der Waals surface area contributed by atoms with Gasteiger partial charge in [0.1, 0.15) is 11.6 Å². The van der Waals surface area contributed by atoms with E-state index >= 15 is 0 Å². The molecule has 0 aliphatic heterocycles. The van der Waals surface area contributed by atoms with Crippen molar-refractivity contribution in [2.24, 2.45) is 0 Å². The van der Waals surface area contributed by atoms with Crippen molar-refractivity contribution in [2.45, 2.75) is 38.5 Å². The lowest BCUT2D eigenvalue weighted by molar-refractivity contribution is 0.509. The first-order chi connectivity index (χ1) is 8.82. The normalized spacial score (nSPS) is 16.1. The molecular formula is C14H21F2NOS. The van der Waals surface area contributed by atoms with Crippen molar-refractivity contribution in [3.8, 4) is 0 Å². The molecule has 2 nitrogen and oxygen atoms in total. The number of hydrogen-bond acceptors (Lipinski definition) is 2. The van der Waals surface area contributed by atoms with Gasteiger partial charge in [-0.1, -0.05) is 6.92 Å². The number of halogens is 2. The van der Waals surface area contributed by atoms with Gasteiger partial charge in [0.2, 0.25) is 0 Å². The van der Waals surface area contributed by atoms with Crippen LogP contribution in [-0.2, 0) is 10.8 Å². The van der Waals surface area contributed by atoms with Crippen LogP contribution in [0.25, 0.3) is 0 Å². The van der Waals surface area contributed by atoms with Gasteiger partial charge in [-0.2, -0.15) is 0 Å². The molecule has 5 heteroatoms. The second-order valence-electron chi connectivity index (χ2n) is 4.90. The molecule has 3 atom stereocenters. The number of hydrogen-bond donors (Lipinski definition) is 1. The summed E-state index contributed by atoms with van der Waals surface area (Å²) in [5.74, 6) is -0.793. The van der Waals surface area contributed by atoms with Gasteiger partial charge in [0, 0.05) is 33.9 Å². The summed E-state index contributed by atoms with van der Waals surface area (Å²) in [5.41, 5.74) is 0.636. The summed E-state index contributed by atoms with van der Waals surface area (Å²) in [6, 6.07) is 2.18. The second-order valence-corrected chi connectivity index (χ2v) is 6.70. The molecule has 0 spiro atoms. The maximum atomic E-state index is 13.7. The van der Waals surface area contributed by atoms with Crippen LogP contribution in [0.2, 0.25) is 0 Å². The Kier molecular flexibility index (Phi) is 6.07. The van der Waals surface area contributed by atoms with Crippen LogP contribution in [0.5, 0.6) is 0 Å². The lowest BCUT2D eigenvalue weighted by Crippen LogP contribution is -2.24. The molecule has 0 aliphatic rings. The standard InChI is InChI=1S/C14H21F2NOS/c1-9-7-14(16)12(8-13(9)15)11(3)17-6-5-10(2)19(4)18/h7-8,10-11,17H,5-6H2,1-4H3. The van der Waals surface area contributed by atoms with E-state index < -0.39 is 22.4 Å². The summed E-state index contributed by atoms with van der Waals surface area (Å²) in [6.45, 7) is 5.87. The molecule has 0 aromatic heterocycles. The Bertz CT molecular complexity index is 465. The van der Waals surface area contributed by atoms with E-state index in [0.29, 0.717) is 17.7 Å². The van der Waals surface area contributed by atoms with E-state index in [4.69, 9.17) is 0 Å². The van der Waals surface area contributed by atoms with Gasteiger partial charge in [0.15, 0.2) is 0 Å². The van der Waals surface area contributed by atoms with Crippen molar-refractivity contribution in [2.75, 3.05) is 12.8 Å². The van der Waals surface area contributed by atoms with Crippen molar-refractivity contribution in [1.82, 2.24) is 5.32 Å². The van der Waals surface area contributed by atoms with E-state index in [-0.39, 0.29) is 11.3 Å². The second kappa shape index (κ2) is 7.10. The van der Waals surface area contributed by atoms with E-state index in [1.807, 2.05) is 6.92 Å². The zero-order valence-corrected chi connectivity index (χ0v) is 12.6. The predicted octanol–water partition coefficient (Wildman–Crippen LogP) is 3.08. The van der Waals surface area contributed by atoms with Crippen LogP contribution in [0.3, 0.4) is 0 Å². The van der Waals surface area contributed by atoms with Gasteiger partial charge in [0.05, 0.1) is 0 Å². The third kappa shape index (κ3) is 4.66. The lowest BCUT2D eigenvalue weighted by Gasteiger charge is -2.17. The molecule has 0 aliphatic carbocycles. The number of nitrogens with one attached hydrogen (secondary N) is 1. The fourth-order valence-electron chi connectivity index (χ4n) is 1.77. The molecule has 0 heterocycles. The molecule has 0 saturated carbocycles. The third-order valence-corrected chi connectivity index (χ3v) is 4.68. The summed E-state index contributed by atoms with van der Waals surface area (Å²) in [6.07, 6.45) is 2.41. The monoisotopic (exact) mass is 289 g/mol. The van der Waals surface area contributed by atoms with Crippen LogP contribution in [0.4, 0.5) is 8.78 Å². The molecule has 19 heavy (non-hydrogen) atoms. The van der Waals surface area contributed by atoms with Gasteiger partial charge in [-0.25, -0.2) is 8.78 Å². The van der Waals surface area contributed by atoms with Crippen LogP contribution in [0, 0.1) is 18.6 Å². The largest absolute Gasteiger partial charge is 0.310 e. The van der Waals surface area contributed by atoms with Crippen LogP contribution in [0.15, 0.2) is 12.1 Å². The minimum Gasteiger partial charge on any atom is -0.310 e. The minimum absolute atomic E-state index is 0.0966. The molecule has 0 saturated heterocycles. The molecule has 1 N–H and O–H groups in total. The highest BCUT2D eigenvalue weighted by Gasteiger charge is 2.14. The smallest absolute Gasteiger partial charge is 0.128 e. The average Bonchev–Trinajstić information content (AvgIpc) is 2.33. The minimum atomic E-state index is -0.855. The van der Waals surface area contributed by atoms with E-state index in [1.54, 1.807) is 20.1 Å². The third-order valence-electron chi connectivity index (χ3n) is 3.31. The molecular weight excluding hydrogens is 268 g/mol. The zero-order chi connectivity index (χ0) is 14.6. The van der Waals surface area contributed by atoms with E-state index in [2.05, 4.69) is 5.32 Å². The van der Waals surface area contributed by atoms with Gasteiger partial charge in [-0.15, -0.1) is 0 Å². The first kappa shape index (κ1) is 16.2. The van der Waals surface area contributed by atoms with E-state index in [9.17, 15) is 13.0 Å². The summed E-state index contributed by atoms with van der Waals surface area (Å²) in [4.78, 5) is 0. The van der Waals surface area contributed by atoms with Crippen LogP contribution in [0.1, 0.15) is 37.4 Å².